The molecule has 8 heteroatoms. The number of carbonyl (C=O) groups excluding carboxylic acids is 1. The molecule has 3 heterocycles. The number of halogens is 1. The van der Waals surface area contributed by atoms with E-state index >= 15 is 0 Å². The summed E-state index contributed by atoms with van der Waals surface area (Å²) in [7, 11) is 0. The van der Waals surface area contributed by atoms with Gasteiger partial charge in [0.25, 0.3) is 0 Å². The lowest BCUT2D eigenvalue weighted by molar-refractivity contribution is -0.135. The van der Waals surface area contributed by atoms with Gasteiger partial charge in [0.15, 0.2) is 5.65 Å². The van der Waals surface area contributed by atoms with Gasteiger partial charge in [0.05, 0.1) is 5.52 Å². The van der Waals surface area contributed by atoms with Crippen molar-refractivity contribution in [1.82, 2.24) is 24.5 Å². The molecule has 3 aromatic rings. The Morgan fingerprint density at radius 2 is 1.88 bits per heavy atom. The highest BCUT2D eigenvalue weighted by Crippen LogP contribution is 2.35. The van der Waals surface area contributed by atoms with E-state index in [0.717, 1.165) is 54.3 Å². The lowest BCUT2D eigenvalue weighted by Crippen LogP contribution is -2.55. The van der Waals surface area contributed by atoms with E-state index in [-0.39, 0.29) is 17.4 Å². The lowest BCUT2D eigenvalue weighted by atomic mass is 9.89. The zero-order valence-corrected chi connectivity index (χ0v) is 21.5. The van der Waals surface area contributed by atoms with Crippen LogP contribution in [0.5, 0.6) is 0 Å². The van der Waals surface area contributed by atoms with Gasteiger partial charge in [-0.1, -0.05) is 51.6 Å². The van der Waals surface area contributed by atoms with E-state index in [2.05, 4.69) is 42.1 Å². The molecule has 0 bridgehead atoms. The number of hydrogen-bond donors (Lipinski definition) is 0. The third-order valence-electron chi connectivity index (χ3n) is 7.19. The smallest absolute Gasteiger partial charge is 0.223 e. The Kier molecular flexibility index (Phi) is 6.17. The van der Waals surface area contributed by atoms with Crippen LogP contribution in [0.15, 0.2) is 18.2 Å². The average Bonchev–Trinajstić information content (AvgIpc) is 3.23. The molecule has 1 aliphatic heterocycles. The molecule has 2 aliphatic rings. The van der Waals surface area contributed by atoms with Crippen molar-refractivity contribution < 1.29 is 4.79 Å². The van der Waals surface area contributed by atoms with Crippen LogP contribution < -0.4 is 4.90 Å². The van der Waals surface area contributed by atoms with Crippen LogP contribution in [-0.2, 0) is 4.79 Å². The molecule has 7 nitrogen and oxygen atoms in total. The van der Waals surface area contributed by atoms with Crippen LogP contribution in [0.25, 0.3) is 16.6 Å². The molecule has 2 fully saturated rings. The van der Waals surface area contributed by atoms with E-state index < -0.39 is 0 Å². The van der Waals surface area contributed by atoms with Crippen molar-refractivity contribution in [2.45, 2.75) is 78.2 Å². The summed E-state index contributed by atoms with van der Waals surface area (Å²) >= 11 is 6.32. The topological polar surface area (TPSA) is 66.6 Å². The van der Waals surface area contributed by atoms with E-state index in [0.29, 0.717) is 23.9 Å². The first-order chi connectivity index (χ1) is 16.2. The van der Waals surface area contributed by atoms with E-state index in [4.69, 9.17) is 21.7 Å². The highest BCUT2D eigenvalue weighted by atomic mass is 35.5. The Balaban J connectivity index is 1.54. The number of carbonyl (C=O) groups is 1. The van der Waals surface area contributed by atoms with Crippen molar-refractivity contribution in [2.24, 2.45) is 5.41 Å². The zero-order valence-electron chi connectivity index (χ0n) is 20.7. The van der Waals surface area contributed by atoms with Crippen LogP contribution in [0, 0.1) is 5.41 Å². The van der Waals surface area contributed by atoms with Gasteiger partial charge in [0, 0.05) is 48.4 Å². The van der Waals surface area contributed by atoms with Crippen molar-refractivity contribution in [3.8, 4) is 0 Å². The predicted octanol–water partition coefficient (Wildman–Crippen LogP) is 5.45. The third kappa shape index (κ3) is 4.47. The summed E-state index contributed by atoms with van der Waals surface area (Å²) in [6.45, 7) is 10.6. The molecule has 0 radical (unpaired) electrons. The molecule has 1 saturated heterocycles. The van der Waals surface area contributed by atoms with E-state index in [1.54, 1.807) is 0 Å². The van der Waals surface area contributed by atoms with Gasteiger partial charge >= 0.3 is 0 Å². The molecule has 2 aromatic heterocycles. The second-order valence-corrected chi connectivity index (χ2v) is 11.7. The van der Waals surface area contributed by atoms with Gasteiger partial charge in [-0.2, -0.15) is 0 Å². The maximum Gasteiger partial charge on any atom is 0.223 e. The molecule has 1 aliphatic carbocycles. The normalized spacial score (nSPS) is 20.4. The first-order valence-corrected chi connectivity index (χ1v) is 13.0. The number of aromatic nitrogens is 4. The number of nitrogens with zero attached hydrogens (tertiary/aromatic N) is 6. The Labute approximate surface area is 206 Å². The van der Waals surface area contributed by atoms with E-state index in [9.17, 15) is 4.79 Å². The largest absolute Gasteiger partial charge is 0.338 e. The molecule has 34 heavy (non-hydrogen) atoms. The van der Waals surface area contributed by atoms with Gasteiger partial charge in [0.2, 0.25) is 11.9 Å². The Bertz CT molecular complexity index is 1210. The molecule has 1 amide bonds. The Hall–Kier alpha value is -2.41. The maximum absolute atomic E-state index is 13.0. The molecule has 0 spiro atoms. The number of amides is 1. The standard InChI is InChI=1S/C26H35ClN6O/c1-17-16-31(12-13-32(17)22(34)15-26(2,3)4)25-28-21-14-19(27)10-11-20(21)24-30-29-23(33(24)25)18-8-6-5-7-9-18/h10-11,14,17-18H,5-9,12-13,15-16H2,1-4H3/t17-/m1/s1. The minimum absolute atomic E-state index is 0.0172. The second-order valence-electron chi connectivity index (χ2n) is 11.2. The van der Waals surface area contributed by atoms with Gasteiger partial charge in [-0.15, -0.1) is 10.2 Å². The molecular weight excluding hydrogens is 448 g/mol. The molecular formula is C26H35ClN6O. The second kappa shape index (κ2) is 8.99. The minimum Gasteiger partial charge on any atom is -0.338 e. The van der Waals surface area contributed by atoms with E-state index in [1.165, 1.54) is 19.3 Å². The predicted molar refractivity (Wildman–Crippen MR) is 137 cm³/mol. The first-order valence-electron chi connectivity index (χ1n) is 12.6. The quantitative estimate of drug-likeness (QED) is 0.496. The Morgan fingerprint density at radius 3 is 2.59 bits per heavy atom. The first kappa shape index (κ1) is 23.3. The molecule has 1 saturated carbocycles. The van der Waals surface area contributed by atoms with Crippen molar-refractivity contribution >= 4 is 40.0 Å². The van der Waals surface area contributed by atoms with Crippen molar-refractivity contribution in [1.29, 1.82) is 0 Å². The van der Waals surface area contributed by atoms with E-state index in [1.807, 2.05) is 23.1 Å². The van der Waals surface area contributed by atoms with Gasteiger partial charge in [-0.3, -0.25) is 4.79 Å². The van der Waals surface area contributed by atoms with Crippen molar-refractivity contribution in [3.63, 3.8) is 0 Å². The van der Waals surface area contributed by atoms with Crippen LogP contribution in [0.1, 0.15) is 78.0 Å². The van der Waals surface area contributed by atoms with Gasteiger partial charge in [-0.25, -0.2) is 9.38 Å². The van der Waals surface area contributed by atoms with Crippen LogP contribution >= 0.6 is 11.6 Å². The molecule has 0 N–H and O–H groups in total. The third-order valence-corrected chi connectivity index (χ3v) is 7.43. The summed E-state index contributed by atoms with van der Waals surface area (Å²) < 4.78 is 2.19. The van der Waals surface area contributed by atoms with Crippen molar-refractivity contribution in [3.05, 3.63) is 29.0 Å². The Morgan fingerprint density at radius 1 is 1.12 bits per heavy atom. The van der Waals surface area contributed by atoms with Gasteiger partial charge < -0.3 is 9.80 Å². The summed E-state index contributed by atoms with van der Waals surface area (Å²) in [6.07, 6.45) is 6.61. The minimum atomic E-state index is -0.0172. The van der Waals surface area contributed by atoms with Crippen molar-refractivity contribution in [2.75, 3.05) is 24.5 Å². The molecule has 1 atom stereocenters. The summed E-state index contributed by atoms with van der Waals surface area (Å²) in [5.74, 6) is 2.52. The fraction of sp³-hybridized carbons (Fsp3) is 0.615. The zero-order chi connectivity index (χ0) is 24.0. The highest BCUT2D eigenvalue weighted by molar-refractivity contribution is 6.31. The molecule has 182 valence electrons. The maximum atomic E-state index is 13.0. The van der Waals surface area contributed by atoms with Crippen LogP contribution in [-0.4, -0.2) is 56.1 Å². The van der Waals surface area contributed by atoms with Gasteiger partial charge in [-0.05, 0) is 43.4 Å². The number of hydrogen-bond acceptors (Lipinski definition) is 5. The summed E-state index contributed by atoms with van der Waals surface area (Å²) in [5.41, 5.74) is 1.66. The number of fused-ring (bicyclic) bond motifs is 3. The summed E-state index contributed by atoms with van der Waals surface area (Å²) in [5, 5.41) is 11.0. The fourth-order valence-electron chi connectivity index (χ4n) is 5.51. The molecule has 1 aromatic carbocycles. The highest BCUT2D eigenvalue weighted by Gasteiger charge is 2.32. The van der Waals surface area contributed by atoms with Crippen LogP contribution in [0.2, 0.25) is 5.02 Å². The lowest BCUT2D eigenvalue weighted by Gasteiger charge is -2.41. The van der Waals surface area contributed by atoms with Gasteiger partial charge in [0.1, 0.15) is 5.82 Å². The number of anilines is 1. The summed E-state index contributed by atoms with van der Waals surface area (Å²) in [6, 6.07) is 5.89. The number of piperazine rings is 1. The fourth-order valence-corrected chi connectivity index (χ4v) is 5.68. The average molecular weight is 483 g/mol. The SMILES string of the molecule is C[C@@H]1CN(c2nc3cc(Cl)ccc3c3nnc(C4CCCCC4)n23)CCN1C(=O)CC(C)(C)C. The van der Waals surface area contributed by atoms with Crippen LogP contribution in [0.3, 0.4) is 0 Å². The van der Waals surface area contributed by atoms with Crippen LogP contribution in [0.4, 0.5) is 5.95 Å². The summed E-state index contributed by atoms with van der Waals surface area (Å²) in [4.78, 5) is 22.4. The monoisotopic (exact) mass is 482 g/mol. The molecule has 0 unspecified atom stereocenters. The molecule has 5 rings (SSSR count). The number of benzene rings is 1. The number of rotatable bonds is 3.